The fourth-order valence-corrected chi connectivity index (χ4v) is 1.50. The third-order valence-electron chi connectivity index (χ3n) is 2.41. The molecule has 1 N–H and O–H groups in total. The second kappa shape index (κ2) is 6.21. The van der Waals surface area contributed by atoms with Crippen molar-refractivity contribution in [2.24, 2.45) is 0 Å². The molecule has 0 aliphatic heterocycles. The molecular formula is C13H10F3N3O2. The zero-order chi connectivity index (χ0) is 15.3. The molecule has 1 amide bonds. The van der Waals surface area contributed by atoms with Crippen molar-refractivity contribution in [1.29, 1.82) is 0 Å². The van der Waals surface area contributed by atoms with Crippen molar-refractivity contribution < 1.29 is 22.7 Å². The van der Waals surface area contributed by atoms with Crippen LogP contribution in [0.15, 0.2) is 42.9 Å². The van der Waals surface area contributed by atoms with Gasteiger partial charge < -0.3 is 10.1 Å². The van der Waals surface area contributed by atoms with Gasteiger partial charge in [0, 0.05) is 18.9 Å². The van der Waals surface area contributed by atoms with Crippen molar-refractivity contribution in [3.05, 3.63) is 54.1 Å². The van der Waals surface area contributed by atoms with Crippen LogP contribution in [-0.4, -0.2) is 22.2 Å². The summed E-state index contributed by atoms with van der Waals surface area (Å²) in [6, 6.07) is 5.21. The number of rotatable bonds is 4. The molecule has 110 valence electrons. The normalized spacial score (nSPS) is 11.0. The third-order valence-corrected chi connectivity index (χ3v) is 2.41. The number of carbonyl (C=O) groups is 1. The topological polar surface area (TPSA) is 64.1 Å². The van der Waals surface area contributed by atoms with Crippen LogP contribution in [0.25, 0.3) is 0 Å². The Kier molecular flexibility index (Phi) is 4.36. The molecule has 0 radical (unpaired) electrons. The lowest BCUT2D eigenvalue weighted by Gasteiger charge is -2.09. The van der Waals surface area contributed by atoms with E-state index in [1.807, 2.05) is 0 Å². The van der Waals surface area contributed by atoms with E-state index in [4.69, 9.17) is 0 Å². The van der Waals surface area contributed by atoms with Crippen LogP contribution in [0.1, 0.15) is 16.1 Å². The number of hydrogen-bond donors (Lipinski definition) is 1. The van der Waals surface area contributed by atoms with Crippen molar-refractivity contribution >= 4 is 5.91 Å². The Morgan fingerprint density at radius 2 is 1.90 bits per heavy atom. The monoisotopic (exact) mass is 297 g/mol. The number of ether oxygens (including phenoxy) is 1. The number of alkyl halides is 3. The average Bonchev–Trinajstić information content (AvgIpc) is 2.45. The predicted octanol–water partition coefficient (Wildman–Crippen LogP) is 2.31. The van der Waals surface area contributed by atoms with Crippen LogP contribution in [0.5, 0.6) is 5.75 Å². The second-order valence-electron chi connectivity index (χ2n) is 3.97. The molecule has 0 unspecified atom stereocenters. The molecule has 0 aliphatic carbocycles. The highest BCUT2D eigenvalue weighted by molar-refractivity contribution is 5.91. The molecule has 0 saturated carbocycles. The highest BCUT2D eigenvalue weighted by Gasteiger charge is 2.30. The Labute approximate surface area is 117 Å². The van der Waals surface area contributed by atoms with E-state index in [1.165, 1.54) is 42.9 Å². The number of carbonyl (C=O) groups excluding carboxylic acids is 1. The van der Waals surface area contributed by atoms with Crippen LogP contribution in [-0.2, 0) is 6.54 Å². The summed E-state index contributed by atoms with van der Waals surface area (Å²) in [5.74, 6) is -0.731. The summed E-state index contributed by atoms with van der Waals surface area (Å²) in [4.78, 5) is 19.3. The molecule has 1 aromatic carbocycles. The summed E-state index contributed by atoms with van der Waals surface area (Å²) in [6.45, 7) is 0.154. The average molecular weight is 297 g/mol. The van der Waals surface area contributed by atoms with Crippen LogP contribution in [0.3, 0.4) is 0 Å². The first kappa shape index (κ1) is 14.8. The lowest BCUT2D eigenvalue weighted by molar-refractivity contribution is -0.274. The minimum atomic E-state index is -4.72. The van der Waals surface area contributed by atoms with Crippen molar-refractivity contribution in [2.75, 3.05) is 0 Å². The van der Waals surface area contributed by atoms with Gasteiger partial charge in [-0.05, 0) is 17.7 Å². The van der Waals surface area contributed by atoms with E-state index >= 15 is 0 Å². The van der Waals surface area contributed by atoms with Crippen molar-refractivity contribution in [1.82, 2.24) is 15.3 Å². The van der Waals surface area contributed by atoms with Crippen LogP contribution >= 0.6 is 0 Å². The highest BCUT2D eigenvalue weighted by atomic mass is 19.4. The number of hydrogen-bond acceptors (Lipinski definition) is 4. The van der Waals surface area contributed by atoms with Crippen LogP contribution < -0.4 is 10.1 Å². The van der Waals surface area contributed by atoms with E-state index in [1.54, 1.807) is 0 Å². The lowest BCUT2D eigenvalue weighted by atomic mass is 10.2. The molecule has 0 bridgehead atoms. The zero-order valence-corrected chi connectivity index (χ0v) is 10.6. The number of nitrogens with zero attached hydrogens (tertiary/aromatic N) is 2. The van der Waals surface area contributed by atoms with Gasteiger partial charge in [0.15, 0.2) is 0 Å². The van der Waals surface area contributed by atoms with E-state index in [9.17, 15) is 18.0 Å². The fraction of sp³-hybridized carbons (Fsp3) is 0.154. The molecule has 8 heteroatoms. The van der Waals surface area contributed by atoms with E-state index in [0.29, 0.717) is 5.56 Å². The van der Waals surface area contributed by atoms with Gasteiger partial charge in [-0.2, -0.15) is 0 Å². The maximum absolute atomic E-state index is 12.0. The summed E-state index contributed by atoms with van der Waals surface area (Å²) in [5, 5.41) is 2.58. The molecule has 0 aliphatic rings. The molecule has 2 rings (SSSR count). The molecule has 0 atom stereocenters. The van der Waals surface area contributed by atoms with Gasteiger partial charge in [0.25, 0.3) is 5.91 Å². The smallest absolute Gasteiger partial charge is 0.406 e. The molecule has 0 saturated heterocycles. The minimum Gasteiger partial charge on any atom is -0.406 e. The summed E-state index contributed by atoms with van der Waals surface area (Å²) in [5.41, 5.74) is 0.788. The Bertz CT molecular complexity index is 600. The first-order chi connectivity index (χ1) is 9.94. The van der Waals surface area contributed by atoms with E-state index in [2.05, 4.69) is 20.0 Å². The first-order valence-corrected chi connectivity index (χ1v) is 5.83. The summed E-state index contributed by atoms with van der Waals surface area (Å²) in [7, 11) is 0. The van der Waals surface area contributed by atoms with Crippen LogP contribution in [0.4, 0.5) is 13.2 Å². The number of amides is 1. The number of nitrogens with one attached hydrogen (secondary N) is 1. The number of halogens is 3. The van der Waals surface area contributed by atoms with Gasteiger partial charge in [-0.25, -0.2) is 4.98 Å². The Morgan fingerprint density at radius 1 is 1.19 bits per heavy atom. The van der Waals surface area contributed by atoms with Crippen LogP contribution in [0.2, 0.25) is 0 Å². The summed E-state index contributed by atoms with van der Waals surface area (Å²) >= 11 is 0. The van der Waals surface area contributed by atoms with Gasteiger partial charge in [0.1, 0.15) is 11.4 Å². The van der Waals surface area contributed by atoms with Gasteiger partial charge in [0.05, 0.1) is 6.20 Å². The lowest BCUT2D eigenvalue weighted by Crippen LogP contribution is -2.23. The number of benzene rings is 1. The SMILES string of the molecule is O=C(NCc1ccc(OC(F)(F)F)cc1)c1cnccn1. The molecule has 0 fully saturated rings. The van der Waals surface area contributed by atoms with Crippen molar-refractivity contribution in [3.63, 3.8) is 0 Å². The van der Waals surface area contributed by atoms with Gasteiger partial charge >= 0.3 is 6.36 Å². The summed E-state index contributed by atoms with van der Waals surface area (Å²) < 4.78 is 39.7. The summed E-state index contributed by atoms with van der Waals surface area (Å²) in [6.07, 6.45) is -0.578. The number of aromatic nitrogens is 2. The van der Waals surface area contributed by atoms with Crippen molar-refractivity contribution in [3.8, 4) is 5.75 Å². The molecule has 1 aromatic heterocycles. The minimum absolute atomic E-state index is 0.154. The van der Waals surface area contributed by atoms with Gasteiger partial charge in [-0.1, -0.05) is 12.1 Å². The van der Waals surface area contributed by atoms with Crippen molar-refractivity contribution in [2.45, 2.75) is 12.9 Å². The largest absolute Gasteiger partial charge is 0.573 e. The van der Waals surface area contributed by atoms with E-state index in [-0.39, 0.29) is 18.0 Å². The molecule has 0 spiro atoms. The standard InChI is InChI=1S/C13H10F3N3O2/c14-13(15,16)21-10-3-1-9(2-4-10)7-19-12(20)11-8-17-5-6-18-11/h1-6,8H,7H2,(H,19,20). The maximum Gasteiger partial charge on any atom is 0.573 e. The van der Waals surface area contributed by atoms with Gasteiger partial charge in [-0.3, -0.25) is 9.78 Å². The maximum atomic E-state index is 12.0. The van der Waals surface area contributed by atoms with Gasteiger partial charge in [-0.15, -0.1) is 13.2 Å². The molecule has 1 heterocycles. The van der Waals surface area contributed by atoms with Crippen LogP contribution in [0, 0.1) is 0 Å². The predicted molar refractivity (Wildman–Crippen MR) is 66.3 cm³/mol. The Hall–Kier alpha value is -2.64. The third kappa shape index (κ3) is 4.75. The quantitative estimate of drug-likeness (QED) is 0.940. The fourth-order valence-electron chi connectivity index (χ4n) is 1.50. The zero-order valence-electron chi connectivity index (χ0n) is 10.6. The van der Waals surface area contributed by atoms with E-state index in [0.717, 1.165) is 0 Å². The Balaban J connectivity index is 1.91. The highest BCUT2D eigenvalue weighted by Crippen LogP contribution is 2.22. The van der Waals surface area contributed by atoms with E-state index < -0.39 is 12.3 Å². The first-order valence-electron chi connectivity index (χ1n) is 5.83. The molecule has 21 heavy (non-hydrogen) atoms. The molecule has 5 nitrogen and oxygen atoms in total. The second-order valence-corrected chi connectivity index (χ2v) is 3.97. The molecule has 2 aromatic rings. The van der Waals surface area contributed by atoms with Gasteiger partial charge in [0.2, 0.25) is 0 Å². The molecular weight excluding hydrogens is 287 g/mol. The Morgan fingerprint density at radius 3 is 2.48 bits per heavy atom.